The van der Waals surface area contributed by atoms with Gasteiger partial charge in [0.05, 0.1) is 6.20 Å². The Balaban J connectivity index is 2.19. The molecular weight excluding hydrogens is 230 g/mol. The molecule has 2 aromatic heterocycles. The summed E-state index contributed by atoms with van der Waals surface area (Å²) < 4.78 is 1.73. The van der Waals surface area contributed by atoms with Gasteiger partial charge >= 0.3 is 0 Å². The number of aromatic nitrogens is 3. The Morgan fingerprint density at radius 3 is 2.83 bits per heavy atom. The molecule has 0 saturated heterocycles. The summed E-state index contributed by atoms with van der Waals surface area (Å²) in [7, 11) is 0. The maximum absolute atomic E-state index is 12.0. The third-order valence-corrected chi connectivity index (χ3v) is 2.42. The van der Waals surface area contributed by atoms with Crippen LogP contribution in [-0.4, -0.2) is 20.7 Å². The number of carbonyl (C=O) groups is 1. The average Bonchev–Trinajstić information content (AvgIpc) is 2.77. The van der Waals surface area contributed by atoms with E-state index in [2.05, 4.69) is 15.4 Å². The van der Waals surface area contributed by atoms with E-state index in [1.807, 2.05) is 13.8 Å². The second-order valence-electron chi connectivity index (χ2n) is 4.18. The molecule has 94 valence electrons. The topological polar surface area (TPSA) is 85.8 Å². The molecule has 0 aliphatic carbocycles. The fraction of sp³-hybridized carbons (Fsp3) is 0.250. The Morgan fingerprint density at radius 2 is 2.17 bits per heavy atom. The SMILES string of the molecule is CC(C)n1nccc1NC(=O)c1cc(N)ccn1. The number of carbonyl (C=O) groups excluding carboxylic acids is 1. The number of nitrogens with two attached hydrogens (primary N) is 1. The standard InChI is InChI=1S/C12H15N5O/c1-8(2)17-11(4-6-15-17)16-12(18)10-7-9(13)3-5-14-10/h3-8H,1-2H3,(H2,13,14)(H,16,18). The maximum Gasteiger partial charge on any atom is 0.275 e. The molecule has 0 spiro atoms. The number of nitrogens with zero attached hydrogens (tertiary/aromatic N) is 3. The molecule has 6 nitrogen and oxygen atoms in total. The summed E-state index contributed by atoms with van der Waals surface area (Å²) in [6.07, 6.45) is 3.15. The predicted molar refractivity (Wildman–Crippen MR) is 69.2 cm³/mol. The molecule has 6 heteroatoms. The smallest absolute Gasteiger partial charge is 0.275 e. The number of nitrogen functional groups attached to an aromatic ring is 1. The quantitative estimate of drug-likeness (QED) is 0.861. The lowest BCUT2D eigenvalue weighted by Crippen LogP contribution is -2.17. The zero-order chi connectivity index (χ0) is 13.1. The number of anilines is 2. The Bertz CT molecular complexity index is 561. The third-order valence-electron chi connectivity index (χ3n) is 2.42. The molecule has 2 aromatic rings. The highest BCUT2D eigenvalue weighted by Gasteiger charge is 2.12. The number of hydrogen-bond donors (Lipinski definition) is 2. The third kappa shape index (κ3) is 2.48. The van der Waals surface area contributed by atoms with Gasteiger partial charge in [-0.2, -0.15) is 5.10 Å². The normalized spacial score (nSPS) is 10.6. The number of nitrogens with one attached hydrogen (secondary N) is 1. The van der Waals surface area contributed by atoms with Crippen molar-refractivity contribution >= 4 is 17.4 Å². The van der Waals surface area contributed by atoms with Crippen LogP contribution in [0.4, 0.5) is 11.5 Å². The second kappa shape index (κ2) is 4.87. The fourth-order valence-electron chi connectivity index (χ4n) is 1.58. The van der Waals surface area contributed by atoms with E-state index in [1.54, 1.807) is 23.0 Å². The van der Waals surface area contributed by atoms with E-state index in [1.165, 1.54) is 12.3 Å². The van der Waals surface area contributed by atoms with Crippen molar-refractivity contribution in [1.29, 1.82) is 0 Å². The van der Waals surface area contributed by atoms with Gasteiger partial charge in [0.25, 0.3) is 5.91 Å². The molecule has 0 fully saturated rings. The molecule has 0 bridgehead atoms. The van der Waals surface area contributed by atoms with Crippen molar-refractivity contribution in [2.45, 2.75) is 19.9 Å². The minimum absolute atomic E-state index is 0.170. The van der Waals surface area contributed by atoms with Crippen LogP contribution in [0.3, 0.4) is 0 Å². The zero-order valence-corrected chi connectivity index (χ0v) is 10.3. The Labute approximate surface area is 105 Å². The summed E-state index contributed by atoms with van der Waals surface area (Å²) in [6.45, 7) is 3.98. The van der Waals surface area contributed by atoms with Crippen LogP contribution in [0.2, 0.25) is 0 Å². The van der Waals surface area contributed by atoms with E-state index < -0.39 is 0 Å². The van der Waals surface area contributed by atoms with Gasteiger partial charge in [-0.1, -0.05) is 0 Å². The lowest BCUT2D eigenvalue weighted by molar-refractivity contribution is 0.102. The lowest BCUT2D eigenvalue weighted by Gasteiger charge is -2.11. The fourth-order valence-corrected chi connectivity index (χ4v) is 1.58. The van der Waals surface area contributed by atoms with Gasteiger partial charge in [0.15, 0.2) is 0 Å². The van der Waals surface area contributed by atoms with Crippen molar-refractivity contribution in [2.24, 2.45) is 0 Å². The molecule has 0 aliphatic rings. The van der Waals surface area contributed by atoms with Crippen LogP contribution in [0.25, 0.3) is 0 Å². The van der Waals surface area contributed by atoms with E-state index >= 15 is 0 Å². The summed E-state index contributed by atoms with van der Waals surface area (Å²) in [5.74, 6) is 0.337. The first kappa shape index (κ1) is 12.1. The van der Waals surface area contributed by atoms with Crippen LogP contribution in [0.5, 0.6) is 0 Å². The molecular formula is C12H15N5O. The van der Waals surface area contributed by atoms with Gasteiger partial charge in [0.2, 0.25) is 0 Å². The monoisotopic (exact) mass is 245 g/mol. The Morgan fingerprint density at radius 1 is 1.39 bits per heavy atom. The van der Waals surface area contributed by atoms with Crippen molar-refractivity contribution < 1.29 is 4.79 Å². The van der Waals surface area contributed by atoms with Crippen LogP contribution in [0.15, 0.2) is 30.6 Å². The maximum atomic E-state index is 12.0. The minimum Gasteiger partial charge on any atom is -0.399 e. The summed E-state index contributed by atoms with van der Waals surface area (Å²) in [4.78, 5) is 15.9. The van der Waals surface area contributed by atoms with Gasteiger partial charge in [-0.25, -0.2) is 4.68 Å². The van der Waals surface area contributed by atoms with Crippen molar-refractivity contribution in [3.05, 3.63) is 36.3 Å². The molecule has 0 saturated carbocycles. The Kier molecular flexibility index (Phi) is 3.27. The molecule has 0 atom stereocenters. The average molecular weight is 245 g/mol. The first-order chi connectivity index (χ1) is 8.58. The summed E-state index contributed by atoms with van der Waals surface area (Å²) >= 11 is 0. The molecule has 3 N–H and O–H groups in total. The van der Waals surface area contributed by atoms with E-state index in [9.17, 15) is 4.79 Å². The van der Waals surface area contributed by atoms with E-state index in [0.717, 1.165) is 0 Å². The van der Waals surface area contributed by atoms with Crippen molar-refractivity contribution in [3.8, 4) is 0 Å². The van der Waals surface area contributed by atoms with Crippen molar-refractivity contribution in [3.63, 3.8) is 0 Å². The predicted octanol–water partition coefficient (Wildman–Crippen LogP) is 1.69. The first-order valence-corrected chi connectivity index (χ1v) is 5.64. The molecule has 0 aliphatic heterocycles. The molecule has 18 heavy (non-hydrogen) atoms. The molecule has 2 heterocycles. The van der Waals surface area contributed by atoms with E-state index in [-0.39, 0.29) is 17.6 Å². The van der Waals surface area contributed by atoms with Gasteiger partial charge < -0.3 is 11.1 Å². The molecule has 1 amide bonds. The number of pyridine rings is 1. The van der Waals surface area contributed by atoms with Gasteiger partial charge in [-0.3, -0.25) is 9.78 Å². The van der Waals surface area contributed by atoms with Crippen LogP contribution in [0, 0.1) is 0 Å². The van der Waals surface area contributed by atoms with Crippen LogP contribution in [0.1, 0.15) is 30.4 Å². The highest BCUT2D eigenvalue weighted by molar-refractivity contribution is 6.02. The molecule has 0 unspecified atom stereocenters. The largest absolute Gasteiger partial charge is 0.399 e. The Hall–Kier alpha value is -2.37. The van der Waals surface area contributed by atoms with Crippen LogP contribution in [-0.2, 0) is 0 Å². The van der Waals surface area contributed by atoms with Gasteiger partial charge in [0, 0.05) is 24.0 Å². The highest BCUT2D eigenvalue weighted by Crippen LogP contribution is 2.14. The second-order valence-corrected chi connectivity index (χ2v) is 4.18. The highest BCUT2D eigenvalue weighted by atomic mass is 16.2. The number of amides is 1. The number of hydrogen-bond acceptors (Lipinski definition) is 4. The van der Waals surface area contributed by atoms with Gasteiger partial charge in [-0.05, 0) is 26.0 Å². The zero-order valence-electron chi connectivity index (χ0n) is 10.3. The van der Waals surface area contributed by atoms with E-state index in [4.69, 9.17) is 5.73 Å². The van der Waals surface area contributed by atoms with E-state index in [0.29, 0.717) is 11.5 Å². The summed E-state index contributed by atoms with van der Waals surface area (Å²) in [6, 6.07) is 5.08. The number of rotatable bonds is 3. The first-order valence-electron chi connectivity index (χ1n) is 5.64. The van der Waals surface area contributed by atoms with Gasteiger partial charge in [-0.15, -0.1) is 0 Å². The minimum atomic E-state index is -0.301. The van der Waals surface area contributed by atoms with Crippen molar-refractivity contribution in [1.82, 2.24) is 14.8 Å². The molecule has 0 aromatic carbocycles. The summed E-state index contributed by atoms with van der Waals surface area (Å²) in [5, 5.41) is 6.90. The van der Waals surface area contributed by atoms with Crippen LogP contribution >= 0.6 is 0 Å². The van der Waals surface area contributed by atoms with Crippen molar-refractivity contribution in [2.75, 3.05) is 11.1 Å². The lowest BCUT2D eigenvalue weighted by atomic mass is 10.3. The molecule has 0 radical (unpaired) electrons. The molecule has 2 rings (SSSR count). The van der Waals surface area contributed by atoms with Gasteiger partial charge in [0.1, 0.15) is 11.5 Å². The summed E-state index contributed by atoms with van der Waals surface area (Å²) in [5.41, 5.74) is 6.40. The van der Waals surface area contributed by atoms with Crippen LogP contribution < -0.4 is 11.1 Å².